The van der Waals surface area contributed by atoms with Crippen LogP contribution >= 0.6 is 24.0 Å². The number of hydrogen-bond donors (Lipinski definition) is 2. The van der Waals surface area contributed by atoms with E-state index in [1.54, 1.807) is 13.8 Å². The summed E-state index contributed by atoms with van der Waals surface area (Å²) in [7, 11) is 0. The van der Waals surface area contributed by atoms with Crippen molar-refractivity contribution in [1.82, 2.24) is 4.98 Å². The molecule has 0 saturated heterocycles. The number of nitrogens with zero attached hydrogens (tertiary/aromatic N) is 2. The molecule has 24 heavy (non-hydrogen) atoms. The van der Waals surface area contributed by atoms with E-state index in [2.05, 4.69) is 17.6 Å². The zero-order valence-electron chi connectivity index (χ0n) is 13.1. The number of hydrogen-bond acceptors (Lipinski definition) is 6. The lowest BCUT2D eigenvalue weighted by Gasteiger charge is -2.32. The number of nitro groups is 1. The van der Waals surface area contributed by atoms with Crippen LogP contribution in [0.15, 0.2) is 18.2 Å². The van der Waals surface area contributed by atoms with Crippen LogP contribution in [0.1, 0.15) is 37.6 Å². The van der Waals surface area contributed by atoms with Crippen LogP contribution in [-0.2, 0) is 9.59 Å². The Kier molecular flexibility index (Phi) is 5.24. The summed E-state index contributed by atoms with van der Waals surface area (Å²) in [6, 6.07) is 4.19. The van der Waals surface area contributed by atoms with Gasteiger partial charge in [-0.15, -0.1) is 24.0 Å². The topological polar surface area (TPSA) is 110 Å². The highest BCUT2D eigenvalue weighted by atomic mass is 32.1. The Morgan fingerprint density at radius 3 is 2.50 bits per heavy atom. The van der Waals surface area contributed by atoms with Gasteiger partial charge in [0, 0.05) is 12.1 Å². The second kappa shape index (κ2) is 6.86. The van der Waals surface area contributed by atoms with Gasteiger partial charge >= 0.3 is 5.97 Å². The quantitative estimate of drug-likeness (QED) is 0.438. The van der Waals surface area contributed by atoms with Crippen molar-refractivity contribution < 1.29 is 19.6 Å². The summed E-state index contributed by atoms with van der Waals surface area (Å²) in [5.41, 5.74) is -0.896. The second-order valence-electron chi connectivity index (χ2n) is 5.40. The molecule has 1 atom stereocenters. The van der Waals surface area contributed by atoms with Crippen LogP contribution in [0.25, 0.3) is 10.2 Å². The maximum Gasteiger partial charge on any atom is 0.310 e. The van der Waals surface area contributed by atoms with Gasteiger partial charge in [0.25, 0.3) is 5.69 Å². The fourth-order valence-electron chi connectivity index (χ4n) is 2.83. The third-order valence-electron chi connectivity index (χ3n) is 4.33. The molecule has 0 aliphatic heterocycles. The van der Waals surface area contributed by atoms with Crippen molar-refractivity contribution in [3.05, 3.63) is 33.3 Å². The number of thiazole rings is 1. The fraction of sp³-hybridized carbons (Fsp3) is 0.400. The van der Waals surface area contributed by atoms with Gasteiger partial charge in [-0.25, -0.2) is 4.98 Å². The highest BCUT2D eigenvalue weighted by Gasteiger charge is 2.48. The Morgan fingerprint density at radius 1 is 1.42 bits per heavy atom. The summed E-state index contributed by atoms with van der Waals surface area (Å²) in [4.78, 5) is 38.7. The zero-order chi connectivity index (χ0) is 18.1. The average molecular weight is 368 g/mol. The number of thiol groups is 1. The summed E-state index contributed by atoms with van der Waals surface area (Å²) < 4.78 is 0.533. The Hall–Kier alpha value is -2.00. The van der Waals surface area contributed by atoms with E-state index in [1.165, 1.54) is 18.2 Å². The number of carboxylic acids is 1. The number of carboxylic acid groups (broad SMARTS) is 1. The van der Waals surface area contributed by atoms with Crippen LogP contribution < -0.4 is 0 Å². The van der Waals surface area contributed by atoms with Crippen molar-refractivity contribution in [1.29, 1.82) is 0 Å². The van der Waals surface area contributed by atoms with Gasteiger partial charge in [-0.1, -0.05) is 13.8 Å². The number of aliphatic carboxylic acids is 1. The summed E-state index contributed by atoms with van der Waals surface area (Å²) in [5, 5.41) is 20.3. The number of carbonyl (C=O) groups excluding carboxylic acids is 1. The van der Waals surface area contributed by atoms with E-state index in [4.69, 9.17) is 0 Å². The Balaban J connectivity index is 2.64. The largest absolute Gasteiger partial charge is 0.481 e. The molecule has 0 amide bonds. The van der Waals surface area contributed by atoms with Crippen LogP contribution in [0.4, 0.5) is 5.69 Å². The van der Waals surface area contributed by atoms with Gasteiger partial charge in [0.05, 0.1) is 26.5 Å². The lowest BCUT2D eigenvalue weighted by Crippen LogP contribution is -2.39. The molecule has 9 heteroatoms. The zero-order valence-corrected chi connectivity index (χ0v) is 14.8. The number of nitro benzene ring substituents is 1. The minimum absolute atomic E-state index is 0.0815. The molecule has 0 saturated carbocycles. The lowest BCUT2D eigenvalue weighted by molar-refractivity contribution is -0.384. The smallest absolute Gasteiger partial charge is 0.310 e. The summed E-state index contributed by atoms with van der Waals surface area (Å²) >= 11 is 4.98. The second-order valence-corrected chi connectivity index (χ2v) is 6.90. The molecule has 0 aliphatic rings. The molecule has 7 nitrogen and oxygen atoms in total. The summed E-state index contributed by atoms with van der Waals surface area (Å²) in [6.45, 7) is 3.42. The predicted octanol–water partition coefficient (Wildman–Crippen LogP) is 3.64. The van der Waals surface area contributed by atoms with Crippen molar-refractivity contribution in [2.75, 3.05) is 0 Å². The van der Waals surface area contributed by atoms with Crippen molar-refractivity contribution in [3.8, 4) is 0 Å². The molecular formula is C15H16N2O5S2. The van der Waals surface area contributed by atoms with E-state index in [9.17, 15) is 24.8 Å². The molecule has 1 heterocycles. The first-order chi connectivity index (χ1) is 11.3. The highest BCUT2D eigenvalue weighted by molar-refractivity contribution is 7.96. The maximum atomic E-state index is 12.1. The van der Waals surface area contributed by atoms with Crippen molar-refractivity contribution in [2.24, 2.45) is 5.41 Å². The molecule has 0 spiro atoms. The maximum absolute atomic E-state index is 12.1. The van der Waals surface area contributed by atoms with Crippen molar-refractivity contribution in [3.63, 3.8) is 0 Å². The van der Waals surface area contributed by atoms with Gasteiger partial charge in [-0.05, 0) is 18.9 Å². The Labute approximate surface area is 147 Å². The fourth-order valence-corrected chi connectivity index (χ4v) is 4.51. The minimum Gasteiger partial charge on any atom is -0.481 e. The Bertz CT molecular complexity index is 813. The van der Waals surface area contributed by atoms with E-state index in [1.807, 2.05) is 0 Å². The molecule has 0 bridgehead atoms. The molecule has 1 aromatic heterocycles. The van der Waals surface area contributed by atoms with E-state index in [0.717, 1.165) is 11.3 Å². The molecule has 2 aromatic rings. The van der Waals surface area contributed by atoms with Crippen LogP contribution in [-0.4, -0.2) is 26.1 Å². The van der Waals surface area contributed by atoms with E-state index < -0.39 is 27.3 Å². The van der Waals surface area contributed by atoms with Crippen molar-refractivity contribution in [2.45, 2.75) is 32.6 Å². The number of non-ortho nitro benzene ring substituents is 1. The predicted molar refractivity (Wildman–Crippen MR) is 93.7 cm³/mol. The monoisotopic (exact) mass is 368 g/mol. The van der Waals surface area contributed by atoms with E-state index in [-0.39, 0.29) is 18.5 Å². The third kappa shape index (κ3) is 3.01. The van der Waals surface area contributed by atoms with Crippen molar-refractivity contribution >= 4 is 51.0 Å². The standard InChI is InChI=1S/C15H16N2O5S2/c1-3-15(4-2,14(19)20)11(13(18)23)12-16-9-6-5-8(17(21)22)7-10(9)24-12/h5-7,11H,3-4H2,1-2H3,(H,18,23)(H,19,20). The highest BCUT2D eigenvalue weighted by Crippen LogP contribution is 2.46. The number of benzene rings is 1. The molecule has 0 fully saturated rings. The van der Waals surface area contributed by atoms with Gasteiger partial charge in [0.15, 0.2) is 5.12 Å². The average Bonchev–Trinajstić information content (AvgIpc) is 2.93. The SMILES string of the molecule is CCC(CC)(C(=O)O)C(C(=O)S)c1nc2ccc([N+](=O)[O-])cc2s1. The minimum atomic E-state index is -1.31. The van der Waals surface area contributed by atoms with Crippen LogP contribution in [0, 0.1) is 15.5 Å². The van der Waals surface area contributed by atoms with Gasteiger partial charge in [-0.3, -0.25) is 19.7 Å². The first-order valence-electron chi connectivity index (χ1n) is 7.28. The molecule has 1 unspecified atom stereocenters. The number of rotatable bonds is 7. The molecule has 1 aromatic carbocycles. The van der Waals surface area contributed by atoms with Gasteiger partial charge in [0.1, 0.15) is 5.01 Å². The molecule has 1 N–H and O–H groups in total. The Morgan fingerprint density at radius 2 is 2.04 bits per heavy atom. The van der Waals surface area contributed by atoms with E-state index >= 15 is 0 Å². The molecule has 2 rings (SSSR count). The van der Waals surface area contributed by atoms with Gasteiger partial charge < -0.3 is 5.11 Å². The van der Waals surface area contributed by atoms with Gasteiger partial charge in [-0.2, -0.15) is 0 Å². The number of aromatic nitrogens is 1. The first kappa shape index (κ1) is 18.3. The van der Waals surface area contributed by atoms with Crippen LogP contribution in [0.3, 0.4) is 0 Å². The summed E-state index contributed by atoms with van der Waals surface area (Å²) in [6.07, 6.45) is 0.484. The normalized spacial score (nSPS) is 13.0. The summed E-state index contributed by atoms with van der Waals surface area (Å²) in [5.74, 6) is -2.09. The third-order valence-corrected chi connectivity index (χ3v) is 5.67. The molecule has 0 aliphatic carbocycles. The number of carbonyl (C=O) groups is 2. The molecule has 0 radical (unpaired) electrons. The van der Waals surface area contributed by atoms with Gasteiger partial charge in [0.2, 0.25) is 0 Å². The molecule has 128 valence electrons. The van der Waals surface area contributed by atoms with Crippen LogP contribution in [0.5, 0.6) is 0 Å². The first-order valence-corrected chi connectivity index (χ1v) is 8.54. The number of fused-ring (bicyclic) bond motifs is 1. The van der Waals surface area contributed by atoms with Crippen LogP contribution in [0.2, 0.25) is 0 Å². The van der Waals surface area contributed by atoms with E-state index in [0.29, 0.717) is 15.2 Å². The lowest BCUT2D eigenvalue weighted by atomic mass is 9.72. The molecular weight excluding hydrogens is 352 g/mol.